The van der Waals surface area contributed by atoms with Crippen molar-refractivity contribution in [3.63, 3.8) is 0 Å². The molecular formula is C18H19NO5. The highest BCUT2D eigenvalue weighted by Gasteiger charge is 2.38. The third-order valence-corrected chi connectivity index (χ3v) is 4.10. The molecule has 0 spiro atoms. The average molecular weight is 329 g/mol. The van der Waals surface area contributed by atoms with E-state index in [9.17, 15) is 15.0 Å². The summed E-state index contributed by atoms with van der Waals surface area (Å²) in [7, 11) is 1.58. The molecule has 0 fully saturated rings. The monoisotopic (exact) mass is 329 g/mol. The van der Waals surface area contributed by atoms with Gasteiger partial charge in [0, 0.05) is 6.42 Å². The van der Waals surface area contributed by atoms with Crippen molar-refractivity contribution >= 4 is 11.8 Å². The molecule has 2 aromatic rings. The summed E-state index contributed by atoms with van der Waals surface area (Å²) in [6.07, 6.45) is -1.91. The second kappa shape index (κ2) is 6.90. The van der Waals surface area contributed by atoms with Crippen LogP contribution in [0.1, 0.15) is 11.1 Å². The number of nitrogens with zero attached hydrogens (tertiary/aromatic N) is 1. The quantitative estimate of drug-likeness (QED) is 0.825. The van der Waals surface area contributed by atoms with Gasteiger partial charge in [-0.15, -0.1) is 0 Å². The zero-order chi connectivity index (χ0) is 17.1. The number of rotatable bonds is 5. The molecule has 6 nitrogen and oxygen atoms in total. The lowest BCUT2D eigenvalue weighted by molar-refractivity contribution is -0.120. The smallest absolute Gasteiger partial charge is 0.412 e. The van der Waals surface area contributed by atoms with Crippen molar-refractivity contribution in [2.75, 3.05) is 12.0 Å². The molecule has 1 aliphatic rings. The number of benzene rings is 2. The molecule has 2 atom stereocenters. The molecule has 2 unspecified atom stereocenters. The van der Waals surface area contributed by atoms with Crippen molar-refractivity contribution in [2.45, 2.75) is 25.4 Å². The van der Waals surface area contributed by atoms with E-state index in [0.717, 1.165) is 11.1 Å². The second-order valence-electron chi connectivity index (χ2n) is 5.61. The van der Waals surface area contributed by atoms with Crippen LogP contribution in [-0.4, -0.2) is 35.7 Å². The maximum absolute atomic E-state index is 11.6. The van der Waals surface area contributed by atoms with Gasteiger partial charge in [-0.3, -0.25) is 4.90 Å². The van der Waals surface area contributed by atoms with E-state index in [1.54, 1.807) is 19.2 Å². The van der Waals surface area contributed by atoms with E-state index in [1.807, 2.05) is 36.4 Å². The molecule has 0 aromatic heterocycles. The highest BCUT2D eigenvalue weighted by molar-refractivity contribution is 5.89. The lowest BCUT2D eigenvalue weighted by atomic mass is 10.1. The third kappa shape index (κ3) is 3.20. The normalized spacial score (nSPS) is 17.4. The van der Waals surface area contributed by atoms with Crippen LogP contribution in [0, 0.1) is 0 Å². The number of aliphatic hydroxyl groups is 1. The van der Waals surface area contributed by atoms with Gasteiger partial charge in [0.2, 0.25) is 0 Å². The van der Waals surface area contributed by atoms with Gasteiger partial charge in [0.15, 0.2) is 6.29 Å². The van der Waals surface area contributed by atoms with Crippen LogP contribution in [0.25, 0.3) is 0 Å². The highest BCUT2D eigenvalue weighted by atomic mass is 16.6. The minimum Gasteiger partial charge on any atom is -0.497 e. The Kier molecular flexibility index (Phi) is 4.69. The predicted molar refractivity (Wildman–Crippen MR) is 88.2 cm³/mol. The molecule has 126 valence electrons. The van der Waals surface area contributed by atoms with E-state index in [0.29, 0.717) is 17.9 Å². The first-order valence-corrected chi connectivity index (χ1v) is 7.63. The number of aliphatic hydroxyl groups excluding tert-OH is 1. The maximum atomic E-state index is 11.6. The molecule has 3 rings (SSSR count). The van der Waals surface area contributed by atoms with E-state index >= 15 is 0 Å². The van der Waals surface area contributed by atoms with Crippen LogP contribution in [0.2, 0.25) is 0 Å². The van der Waals surface area contributed by atoms with Gasteiger partial charge in [-0.2, -0.15) is 0 Å². The first kappa shape index (κ1) is 16.3. The first-order valence-electron chi connectivity index (χ1n) is 7.63. The van der Waals surface area contributed by atoms with Gasteiger partial charge in [0.25, 0.3) is 0 Å². The maximum Gasteiger partial charge on any atom is 0.412 e. The van der Waals surface area contributed by atoms with E-state index in [1.165, 1.54) is 4.90 Å². The number of amides is 1. The fourth-order valence-corrected chi connectivity index (χ4v) is 2.94. The molecule has 0 saturated heterocycles. The van der Waals surface area contributed by atoms with Crippen molar-refractivity contribution in [1.82, 2.24) is 0 Å². The Labute approximate surface area is 139 Å². The topological polar surface area (TPSA) is 79.2 Å². The molecule has 0 aliphatic carbocycles. The second-order valence-corrected chi connectivity index (χ2v) is 5.61. The number of anilines is 1. The Morgan fingerprint density at radius 1 is 1.29 bits per heavy atom. The van der Waals surface area contributed by atoms with Crippen LogP contribution in [0.3, 0.4) is 0 Å². The number of hydrogen-bond acceptors (Lipinski definition) is 4. The Morgan fingerprint density at radius 2 is 2.08 bits per heavy atom. The third-order valence-electron chi connectivity index (χ3n) is 4.10. The summed E-state index contributed by atoms with van der Waals surface area (Å²) in [5, 5.41) is 19.8. The Balaban J connectivity index is 1.70. The molecule has 6 heteroatoms. The lowest BCUT2D eigenvalue weighted by Gasteiger charge is -2.26. The highest BCUT2D eigenvalue weighted by Crippen LogP contribution is 2.33. The van der Waals surface area contributed by atoms with Gasteiger partial charge in [-0.1, -0.05) is 30.3 Å². The Bertz CT molecular complexity index is 733. The largest absolute Gasteiger partial charge is 0.497 e. The zero-order valence-electron chi connectivity index (χ0n) is 13.3. The van der Waals surface area contributed by atoms with Crippen molar-refractivity contribution in [2.24, 2.45) is 0 Å². The summed E-state index contributed by atoms with van der Waals surface area (Å²) < 4.78 is 10.7. The van der Waals surface area contributed by atoms with Crippen molar-refractivity contribution in [1.29, 1.82) is 0 Å². The molecule has 1 amide bonds. The van der Waals surface area contributed by atoms with Gasteiger partial charge in [0.05, 0.1) is 25.4 Å². The summed E-state index contributed by atoms with van der Waals surface area (Å²) in [4.78, 5) is 12.8. The van der Waals surface area contributed by atoms with E-state index in [2.05, 4.69) is 0 Å². The molecule has 0 bridgehead atoms. The average Bonchev–Trinajstić information content (AvgIpc) is 2.99. The van der Waals surface area contributed by atoms with E-state index < -0.39 is 18.4 Å². The minimum atomic E-state index is -1.22. The summed E-state index contributed by atoms with van der Waals surface area (Å²) in [5.41, 5.74) is 2.32. The number of carboxylic acid groups (broad SMARTS) is 1. The summed E-state index contributed by atoms with van der Waals surface area (Å²) in [6, 6.07) is 13.9. The van der Waals surface area contributed by atoms with Crippen LogP contribution in [0.4, 0.5) is 10.5 Å². The summed E-state index contributed by atoms with van der Waals surface area (Å²) in [6.45, 7) is 0.165. The number of hydrogen-bond donors (Lipinski definition) is 2. The fourth-order valence-electron chi connectivity index (χ4n) is 2.94. The number of methoxy groups -OCH3 is 1. The van der Waals surface area contributed by atoms with E-state index in [4.69, 9.17) is 9.47 Å². The SMILES string of the molecule is COc1cccc(COC(O)C2Cc3ccccc3N2C(=O)O)c1. The fraction of sp³-hybridized carbons (Fsp3) is 0.278. The van der Waals surface area contributed by atoms with Gasteiger partial charge >= 0.3 is 6.09 Å². The number of fused-ring (bicyclic) bond motifs is 1. The van der Waals surface area contributed by atoms with Gasteiger partial charge < -0.3 is 19.7 Å². The molecule has 1 aliphatic heterocycles. The lowest BCUT2D eigenvalue weighted by Crippen LogP contribution is -2.45. The Hall–Kier alpha value is -2.57. The number of carbonyl (C=O) groups is 1. The number of ether oxygens (including phenoxy) is 2. The summed E-state index contributed by atoms with van der Waals surface area (Å²) in [5.74, 6) is 0.700. The van der Waals surface area contributed by atoms with E-state index in [-0.39, 0.29) is 6.61 Å². The Morgan fingerprint density at radius 3 is 2.83 bits per heavy atom. The molecule has 24 heavy (non-hydrogen) atoms. The van der Waals surface area contributed by atoms with Crippen molar-refractivity contribution in [3.8, 4) is 5.75 Å². The van der Waals surface area contributed by atoms with Crippen LogP contribution in [0.5, 0.6) is 5.75 Å². The van der Waals surface area contributed by atoms with Crippen LogP contribution in [0.15, 0.2) is 48.5 Å². The predicted octanol–water partition coefficient (Wildman–Crippen LogP) is 2.64. The molecule has 1 heterocycles. The molecule has 2 aromatic carbocycles. The van der Waals surface area contributed by atoms with Crippen molar-refractivity contribution < 1.29 is 24.5 Å². The standard InChI is InChI=1S/C18H19NO5/c1-23-14-7-4-5-12(9-14)11-24-17(20)16-10-13-6-2-3-8-15(13)19(16)18(21)22/h2-9,16-17,20H,10-11H2,1H3,(H,21,22). The molecular weight excluding hydrogens is 310 g/mol. The number of para-hydroxylation sites is 1. The van der Waals surface area contributed by atoms with Crippen molar-refractivity contribution in [3.05, 3.63) is 59.7 Å². The van der Waals surface area contributed by atoms with Crippen LogP contribution in [-0.2, 0) is 17.8 Å². The van der Waals surface area contributed by atoms with Crippen LogP contribution >= 0.6 is 0 Å². The molecule has 0 radical (unpaired) electrons. The van der Waals surface area contributed by atoms with Gasteiger partial charge in [-0.25, -0.2) is 4.79 Å². The summed E-state index contributed by atoms with van der Waals surface area (Å²) >= 11 is 0. The van der Waals surface area contributed by atoms with Gasteiger partial charge in [-0.05, 0) is 29.3 Å². The zero-order valence-corrected chi connectivity index (χ0v) is 13.3. The first-order chi connectivity index (χ1) is 11.6. The van der Waals surface area contributed by atoms with Crippen LogP contribution < -0.4 is 9.64 Å². The molecule has 2 N–H and O–H groups in total. The van der Waals surface area contributed by atoms with Gasteiger partial charge in [0.1, 0.15) is 5.75 Å². The molecule has 0 saturated carbocycles. The minimum absolute atomic E-state index is 0.165.